The van der Waals surface area contributed by atoms with Crippen molar-refractivity contribution in [2.75, 3.05) is 7.11 Å². The molecule has 0 N–H and O–H groups in total. The number of Topliss-reactive ketones (excluding diaryl/α,β-unsaturated/α-hetero) is 2. The Kier molecular flexibility index (Phi) is 3.00. The SMILES string of the molecule is COc1ccc([C@@H]2[C@@H](C)[C@H]3C(=O)C(=O)[C@@H]2C=C3C)cc1. The van der Waals surface area contributed by atoms with Crippen LogP contribution in [0, 0.1) is 17.8 Å². The molecule has 3 nitrogen and oxygen atoms in total. The maximum absolute atomic E-state index is 12.2. The fourth-order valence-electron chi connectivity index (χ4n) is 3.78. The first-order valence-electron chi connectivity index (χ1n) is 6.95. The van der Waals surface area contributed by atoms with E-state index >= 15 is 0 Å². The summed E-state index contributed by atoms with van der Waals surface area (Å²) >= 11 is 0. The number of hydrogen-bond donors (Lipinski definition) is 0. The second-order valence-corrected chi connectivity index (χ2v) is 5.80. The highest BCUT2D eigenvalue weighted by atomic mass is 16.5. The Hall–Kier alpha value is -1.90. The van der Waals surface area contributed by atoms with Gasteiger partial charge in [-0.05, 0) is 30.5 Å². The number of carbonyl (C=O) groups excluding carboxylic acids is 2. The predicted molar refractivity (Wildman–Crippen MR) is 75.7 cm³/mol. The minimum atomic E-state index is -0.295. The van der Waals surface area contributed by atoms with Gasteiger partial charge in [0.05, 0.1) is 13.0 Å². The molecule has 1 saturated carbocycles. The zero-order chi connectivity index (χ0) is 14.4. The normalized spacial score (nSPS) is 32.2. The number of methoxy groups -OCH3 is 1. The second kappa shape index (κ2) is 4.58. The van der Waals surface area contributed by atoms with Gasteiger partial charge in [0.15, 0.2) is 0 Å². The lowest BCUT2D eigenvalue weighted by molar-refractivity contribution is -0.145. The largest absolute Gasteiger partial charge is 0.497 e. The Morgan fingerprint density at radius 2 is 1.70 bits per heavy atom. The van der Waals surface area contributed by atoms with Crippen LogP contribution in [-0.4, -0.2) is 18.7 Å². The zero-order valence-electron chi connectivity index (χ0n) is 11.9. The molecule has 3 aliphatic rings. The Balaban J connectivity index is 2.02. The number of hydrogen-bond acceptors (Lipinski definition) is 3. The zero-order valence-corrected chi connectivity index (χ0v) is 11.9. The predicted octanol–water partition coefficient (Wildman–Crippen LogP) is 2.76. The van der Waals surface area contributed by atoms with Crippen LogP contribution in [0.4, 0.5) is 0 Å². The third-order valence-corrected chi connectivity index (χ3v) is 4.74. The van der Waals surface area contributed by atoms with Crippen molar-refractivity contribution in [2.24, 2.45) is 17.8 Å². The summed E-state index contributed by atoms with van der Waals surface area (Å²) < 4.78 is 5.17. The molecule has 0 aliphatic heterocycles. The molecule has 4 atom stereocenters. The fraction of sp³-hybridized carbons (Fsp3) is 0.412. The van der Waals surface area contributed by atoms with E-state index in [1.165, 1.54) is 0 Å². The van der Waals surface area contributed by atoms with E-state index < -0.39 is 0 Å². The van der Waals surface area contributed by atoms with E-state index in [9.17, 15) is 9.59 Å². The maximum Gasteiger partial charge on any atom is 0.206 e. The van der Waals surface area contributed by atoms with Crippen molar-refractivity contribution in [3.8, 4) is 5.75 Å². The number of fused-ring (bicyclic) bond motifs is 2. The van der Waals surface area contributed by atoms with E-state index in [4.69, 9.17) is 4.74 Å². The van der Waals surface area contributed by atoms with Crippen molar-refractivity contribution in [2.45, 2.75) is 19.8 Å². The summed E-state index contributed by atoms with van der Waals surface area (Å²) in [5.41, 5.74) is 2.16. The van der Waals surface area contributed by atoms with E-state index in [1.54, 1.807) is 7.11 Å². The summed E-state index contributed by atoms with van der Waals surface area (Å²) in [6.45, 7) is 4.04. The summed E-state index contributed by atoms with van der Waals surface area (Å²) in [5, 5.41) is 0. The van der Waals surface area contributed by atoms with Crippen LogP contribution in [0.15, 0.2) is 35.9 Å². The molecule has 1 fully saturated rings. The van der Waals surface area contributed by atoms with E-state index in [0.717, 1.165) is 16.9 Å². The molecular weight excluding hydrogens is 252 g/mol. The molecule has 3 aliphatic carbocycles. The Morgan fingerprint density at radius 3 is 2.30 bits per heavy atom. The van der Waals surface area contributed by atoms with Crippen LogP contribution in [-0.2, 0) is 9.59 Å². The molecule has 20 heavy (non-hydrogen) atoms. The van der Waals surface area contributed by atoms with Crippen molar-refractivity contribution in [3.05, 3.63) is 41.5 Å². The first-order chi connectivity index (χ1) is 9.54. The van der Waals surface area contributed by atoms with Gasteiger partial charge in [-0.1, -0.05) is 30.7 Å². The first kappa shape index (κ1) is 13.1. The van der Waals surface area contributed by atoms with Gasteiger partial charge in [-0.2, -0.15) is 0 Å². The van der Waals surface area contributed by atoms with Gasteiger partial charge < -0.3 is 4.74 Å². The summed E-state index contributed by atoms with van der Waals surface area (Å²) in [4.78, 5) is 24.2. The van der Waals surface area contributed by atoms with Gasteiger partial charge in [-0.25, -0.2) is 0 Å². The van der Waals surface area contributed by atoms with E-state index in [0.29, 0.717) is 0 Å². The van der Waals surface area contributed by atoms with Crippen LogP contribution in [0.2, 0.25) is 0 Å². The van der Waals surface area contributed by atoms with Crippen molar-refractivity contribution >= 4 is 11.6 Å². The van der Waals surface area contributed by atoms with Gasteiger partial charge >= 0.3 is 0 Å². The number of benzene rings is 1. The first-order valence-corrected chi connectivity index (χ1v) is 6.95. The van der Waals surface area contributed by atoms with Crippen molar-refractivity contribution in [3.63, 3.8) is 0 Å². The van der Waals surface area contributed by atoms with Gasteiger partial charge in [0.25, 0.3) is 0 Å². The van der Waals surface area contributed by atoms with Crippen molar-refractivity contribution in [1.29, 1.82) is 0 Å². The van der Waals surface area contributed by atoms with Crippen LogP contribution in [0.1, 0.15) is 25.3 Å². The molecule has 0 aromatic heterocycles. The number of allylic oxidation sites excluding steroid dienone is 2. The van der Waals surface area contributed by atoms with E-state index in [2.05, 4.69) is 6.92 Å². The fourth-order valence-corrected chi connectivity index (χ4v) is 3.78. The van der Waals surface area contributed by atoms with Gasteiger partial charge in [-0.3, -0.25) is 9.59 Å². The highest BCUT2D eigenvalue weighted by Crippen LogP contribution is 2.49. The third-order valence-electron chi connectivity index (χ3n) is 4.74. The molecule has 0 heterocycles. The number of carbonyl (C=O) groups is 2. The topological polar surface area (TPSA) is 43.4 Å². The van der Waals surface area contributed by atoms with Crippen LogP contribution >= 0.6 is 0 Å². The Morgan fingerprint density at radius 1 is 1.05 bits per heavy atom. The van der Waals surface area contributed by atoms with E-state index in [-0.39, 0.29) is 35.2 Å². The van der Waals surface area contributed by atoms with Gasteiger partial charge in [0.2, 0.25) is 11.6 Å². The average molecular weight is 270 g/mol. The lowest BCUT2D eigenvalue weighted by Crippen LogP contribution is -2.48. The van der Waals surface area contributed by atoms with Crippen LogP contribution < -0.4 is 4.74 Å². The summed E-state index contributed by atoms with van der Waals surface area (Å²) in [7, 11) is 1.63. The summed E-state index contributed by atoms with van der Waals surface area (Å²) in [6.07, 6.45) is 1.99. The number of ketones is 2. The van der Waals surface area contributed by atoms with E-state index in [1.807, 2.05) is 37.3 Å². The molecule has 0 saturated heterocycles. The summed E-state index contributed by atoms with van der Waals surface area (Å²) in [5.74, 6) is 0.113. The molecule has 0 spiro atoms. The molecule has 4 rings (SSSR count). The van der Waals surface area contributed by atoms with Crippen molar-refractivity contribution in [1.82, 2.24) is 0 Å². The quantitative estimate of drug-likeness (QED) is 0.613. The maximum atomic E-state index is 12.2. The molecule has 0 radical (unpaired) electrons. The molecular formula is C17H18O3. The van der Waals surface area contributed by atoms with Crippen LogP contribution in [0.5, 0.6) is 5.75 Å². The summed E-state index contributed by atoms with van der Waals surface area (Å²) in [6, 6.07) is 7.82. The molecule has 1 aromatic carbocycles. The highest BCUT2D eigenvalue weighted by Gasteiger charge is 2.51. The second-order valence-electron chi connectivity index (χ2n) is 5.80. The number of rotatable bonds is 2. The standard InChI is InChI=1S/C17H18O3/c1-9-8-13-15(10(2)14(9)17(19)16(13)18)11-4-6-12(20-3)7-5-11/h4-8,10,13-15H,1-3H3/t10-,13+,14-,15-/m0/s1. The molecule has 2 bridgehead atoms. The highest BCUT2D eigenvalue weighted by molar-refractivity contribution is 6.41. The number of ether oxygens (including phenoxy) is 1. The smallest absolute Gasteiger partial charge is 0.206 e. The average Bonchev–Trinajstić information content (AvgIpc) is 2.44. The van der Waals surface area contributed by atoms with Gasteiger partial charge in [0.1, 0.15) is 5.75 Å². The Bertz CT molecular complexity index is 597. The molecule has 0 unspecified atom stereocenters. The van der Waals surface area contributed by atoms with Gasteiger partial charge in [0, 0.05) is 11.8 Å². The minimum Gasteiger partial charge on any atom is -0.497 e. The minimum absolute atomic E-state index is 0.0970. The van der Waals surface area contributed by atoms with Crippen LogP contribution in [0.25, 0.3) is 0 Å². The lowest BCUT2D eigenvalue weighted by Gasteiger charge is -2.44. The lowest BCUT2D eigenvalue weighted by atomic mass is 9.57. The van der Waals surface area contributed by atoms with Crippen LogP contribution in [0.3, 0.4) is 0 Å². The molecule has 104 valence electrons. The molecule has 3 heteroatoms. The van der Waals surface area contributed by atoms with Gasteiger partial charge in [-0.15, -0.1) is 0 Å². The molecule has 1 aromatic rings. The third kappa shape index (κ3) is 1.73. The molecule has 0 amide bonds. The Labute approximate surface area is 118 Å². The van der Waals surface area contributed by atoms with Crippen molar-refractivity contribution < 1.29 is 14.3 Å². The monoisotopic (exact) mass is 270 g/mol.